The van der Waals surface area contributed by atoms with Crippen molar-refractivity contribution < 1.29 is 4.79 Å². The van der Waals surface area contributed by atoms with Gasteiger partial charge in [0.1, 0.15) is 5.69 Å². The first kappa shape index (κ1) is 17.0. The summed E-state index contributed by atoms with van der Waals surface area (Å²) in [5.41, 5.74) is 3.70. The van der Waals surface area contributed by atoms with Crippen molar-refractivity contribution in [2.45, 2.75) is 20.3 Å². The normalized spacial score (nSPS) is 11.0. The lowest BCUT2D eigenvalue weighted by Gasteiger charge is -2.09. The average Bonchev–Trinajstić information content (AvgIpc) is 3.03. The van der Waals surface area contributed by atoms with E-state index in [9.17, 15) is 4.79 Å². The Balaban J connectivity index is 1.52. The third-order valence-electron chi connectivity index (χ3n) is 4.07. The van der Waals surface area contributed by atoms with Crippen LogP contribution in [-0.4, -0.2) is 29.0 Å². The molecule has 3 N–H and O–H groups in total. The molecule has 0 fully saturated rings. The lowest BCUT2D eigenvalue weighted by molar-refractivity contribution is 0.0949. The van der Waals surface area contributed by atoms with Gasteiger partial charge in [-0.05, 0) is 36.1 Å². The van der Waals surface area contributed by atoms with Crippen LogP contribution < -0.4 is 10.6 Å². The van der Waals surface area contributed by atoms with Gasteiger partial charge < -0.3 is 15.6 Å². The van der Waals surface area contributed by atoms with Gasteiger partial charge in [0, 0.05) is 30.2 Å². The third-order valence-corrected chi connectivity index (χ3v) is 4.07. The molecule has 0 atom stereocenters. The van der Waals surface area contributed by atoms with E-state index in [2.05, 4.69) is 46.6 Å². The van der Waals surface area contributed by atoms with Crippen molar-refractivity contribution in [2.24, 2.45) is 5.92 Å². The Bertz CT molecular complexity index is 836. The standard InChI is InChI=1S/C20H24N4O/c1-14(2)11-22-16-7-8-19(24-13-16)20(25)21-10-9-15-12-23-18-6-4-3-5-17(15)18/h3-8,12-14,22-23H,9-11H2,1-2H3,(H,21,25). The number of hydrogen-bond acceptors (Lipinski definition) is 3. The topological polar surface area (TPSA) is 69.8 Å². The summed E-state index contributed by atoms with van der Waals surface area (Å²) in [4.78, 5) is 19.7. The van der Waals surface area contributed by atoms with Crippen molar-refractivity contribution in [1.29, 1.82) is 0 Å². The lowest BCUT2D eigenvalue weighted by Crippen LogP contribution is -2.26. The Labute approximate surface area is 147 Å². The molecule has 130 valence electrons. The Kier molecular flexibility index (Phi) is 5.33. The zero-order valence-electron chi connectivity index (χ0n) is 14.7. The molecule has 2 heterocycles. The van der Waals surface area contributed by atoms with E-state index < -0.39 is 0 Å². The van der Waals surface area contributed by atoms with E-state index >= 15 is 0 Å². The zero-order chi connectivity index (χ0) is 17.6. The molecule has 1 amide bonds. The molecule has 0 aliphatic rings. The van der Waals surface area contributed by atoms with Crippen LogP contribution in [0, 0.1) is 5.92 Å². The van der Waals surface area contributed by atoms with Gasteiger partial charge in [0.05, 0.1) is 11.9 Å². The quantitative estimate of drug-likeness (QED) is 0.617. The van der Waals surface area contributed by atoms with E-state index in [1.165, 1.54) is 10.9 Å². The van der Waals surface area contributed by atoms with E-state index in [4.69, 9.17) is 0 Å². The highest BCUT2D eigenvalue weighted by molar-refractivity contribution is 5.92. The fourth-order valence-electron chi connectivity index (χ4n) is 2.69. The number of nitrogens with zero attached hydrogens (tertiary/aromatic N) is 1. The Hall–Kier alpha value is -2.82. The molecule has 0 bridgehead atoms. The molecular weight excluding hydrogens is 312 g/mol. The second-order valence-electron chi connectivity index (χ2n) is 6.57. The van der Waals surface area contributed by atoms with Gasteiger partial charge in [-0.2, -0.15) is 0 Å². The minimum Gasteiger partial charge on any atom is -0.384 e. The molecule has 0 aliphatic heterocycles. The third kappa shape index (κ3) is 4.38. The van der Waals surface area contributed by atoms with E-state index in [-0.39, 0.29) is 5.91 Å². The molecule has 0 aliphatic carbocycles. The summed E-state index contributed by atoms with van der Waals surface area (Å²) in [6.07, 6.45) is 4.49. The van der Waals surface area contributed by atoms with Gasteiger partial charge in [-0.15, -0.1) is 0 Å². The number of pyridine rings is 1. The van der Waals surface area contributed by atoms with Gasteiger partial charge in [-0.3, -0.25) is 4.79 Å². The molecule has 0 radical (unpaired) electrons. The highest BCUT2D eigenvalue weighted by atomic mass is 16.1. The molecule has 3 rings (SSSR count). The minimum atomic E-state index is -0.143. The van der Waals surface area contributed by atoms with Crippen molar-refractivity contribution >= 4 is 22.5 Å². The predicted molar refractivity (Wildman–Crippen MR) is 102 cm³/mol. The number of carbonyl (C=O) groups excluding carboxylic acids is 1. The van der Waals surface area contributed by atoms with Crippen molar-refractivity contribution in [2.75, 3.05) is 18.4 Å². The number of aromatic nitrogens is 2. The van der Waals surface area contributed by atoms with Crippen molar-refractivity contribution in [3.05, 3.63) is 60.0 Å². The van der Waals surface area contributed by atoms with Gasteiger partial charge in [0.2, 0.25) is 0 Å². The van der Waals surface area contributed by atoms with Crippen LogP contribution in [0.4, 0.5) is 5.69 Å². The molecule has 0 saturated heterocycles. The van der Waals surface area contributed by atoms with Crippen molar-refractivity contribution in [3.63, 3.8) is 0 Å². The number of benzene rings is 1. The summed E-state index contributed by atoms with van der Waals surface area (Å²) in [5.74, 6) is 0.419. The molecule has 3 aromatic rings. The fourth-order valence-corrected chi connectivity index (χ4v) is 2.69. The first-order valence-corrected chi connectivity index (χ1v) is 8.66. The first-order chi connectivity index (χ1) is 12.1. The summed E-state index contributed by atoms with van der Waals surface area (Å²) in [6.45, 7) is 5.76. The first-order valence-electron chi connectivity index (χ1n) is 8.66. The van der Waals surface area contributed by atoms with E-state index in [0.717, 1.165) is 24.2 Å². The number of amides is 1. The fraction of sp³-hybridized carbons (Fsp3) is 0.300. The van der Waals surface area contributed by atoms with E-state index in [1.54, 1.807) is 12.3 Å². The van der Waals surface area contributed by atoms with Crippen molar-refractivity contribution in [3.8, 4) is 0 Å². The van der Waals surface area contributed by atoms with Crippen LogP contribution in [0.25, 0.3) is 10.9 Å². The number of H-pyrrole nitrogens is 1. The average molecular weight is 336 g/mol. The van der Waals surface area contributed by atoms with E-state index in [1.807, 2.05) is 24.4 Å². The number of para-hydroxylation sites is 1. The monoisotopic (exact) mass is 336 g/mol. The zero-order valence-corrected chi connectivity index (χ0v) is 14.7. The SMILES string of the molecule is CC(C)CNc1ccc(C(=O)NCCc2c[nH]c3ccccc23)nc1. The number of anilines is 1. The second kappa shape index (κ2) is 7.83. The summed E-state index contributed by atoms with van der Waals surface area (Å²) < 4.78 is 0. The molecule has 0 saturated carbocycles. The maximum atomic E-state index is 12.2. The van der Waals surface area contributed by atoms with Gasteiger partial charge >= 0.3 is 0 Å². The van der Waals surface area contributed by atoms with Gasteiger partial charge in [-0.1, -0.05) is 32.0 Å². The van der Waals surface area contributed by atoms with Crippen LogP contribution in [0.3, 0.4) is 0 Å². The summed E-state index contributed by atoms with van der Waals surface area (Å²) in [5, 5.41) is 7.43. The molecular formula is C20H24N4O. The highest BCUT2D eigenvalue weighted by Crippen LogP contribution is 2.17. The second-order valence-corrected chi connectivity index (χ2v) is 6.57. The maximum Gasteiger partial charge on any atom is 0.269 e. The van der Waals surface area contributed by atoms with Crippen LogP contribution in [0.2, 0.25) is 0 Å². The largest absolute Gasteiger partial charge is 0.384 e. The molecule has 2 aromatic heterocycles. The Morgan fingerprint density at radius 2 is 2.04 bits per heavy atom. The summed E-state index contributed by atoms with van der Waals surface area (Å²) >= 11 is 0. The van der Waals surface area contributed by atoms with E-state index in [0.29, 0.717) is 18.2 Å². The number of carbonyl (C=O) groups is 1. The van der Waals surface area contributed by atoms with Crippen LogP contribution in [0.5, 0.6) is 0 Å². The highest BCUT2D eigenvalue weighted by Gasteiger charge is 2.08. The smallest absolute Gasteiger partial charge is 0.269 e. The van der Waals surface area contributed by atoms with Gasteiger partial charge in [-0.25, -0.2) is 4.98 Å². The van der Waals surface area contributed by atoms with Crippen LogP contribution in [0.1, 0.15) is 29.9 Å². The molecule has 25 heavy (non-hydrogen) atoms. The molecule has 0 unspecified atom stereocenters. The maximum absolute atomic E-state index is 12.2. The number of rotatable bonds is 7. The van der Waals surface area contributed by atoms with Gasteiger partial charge in [0.15, 0.2) is 0 Å². The van der Waals surface area contributed by atoms with Crippen LogP contribution >= 0.6 is 0 Å². The van der Waals surface area contributed by atoms with Gasteiger partial charge in [0.25, 0.3) is 5.91 Å². The summed E-state index contributed by atoms with van der Waals surface area (Å²) in [6, 6.07) is 11.8. The van der Waals surface area contributed by atoms with Crippen LogP contribution in [-0.2, 0) is 6.42 Å². The number of hydrogen-bond donors (Lipinski definition) is 3. The molecule has 5 heteroatoms. The number of aromatic amines is 1. The molecule has 1 aromatic carbocycles. The molecule has 0 spiro atoms. The Morgan fingerprint density at radius 3 is 2.80 bits per heavy atom. The number of fused-ring (bicyclic) bond motifs is 1. The van der Waals surface area contributed by atoms with Crippen LogP contribution in [0.15, 0.2) is 48.8 Å². The minimum absolute atomic E-state index is 0.143. The lowest BCUT2D eigenvalue weighted by atomic mass is 10.1. The number of nitrogens with one attached hydrogen (secondary N) is 3. The summed E-state index contributed by atoms with van der Waals surface area (Å²) in [7, 11) is 0. The Morgan fingerprint density at radius 1 is 1.20 bits per heavy atom. The predicted octanol–water partition coefficient (Wildman–Crippen LogP) is 3.60. The molecule has 5 nitrogen and oxygen atoms in total. The van der Waals surface area contributed by atoms with Crippen molar-refractivity contribution in [1.82, 2.24) is 15.3 Å².